The highest BCUT2D eigenvalue weighted by Crippen LogP contribution is 2.43. The average Bonchev–Trinajstić information content (AvgIpc) is 3.76. The molecule has 4 aromatic rings. The van der Waals surface area contributed by atoms with Crippen LogP contribution >= 0.6 is 22.9 Å². The minimum absolute atomic E-state index is 0.00923. The SMILES string of the molecule is CN1CCC[C@H]1COc1nc(NCC2(N(C)C)CCCC2)c2cc(Cl)c(-c3ccc(F)c4sc(NC(=O)OC(C)(C)C)nc34)c(F)c2n1. The van der Waals surface area contributed by atoms with Gasteiger partial charge in [0.1, 0.15) is 29.4 Å². The number of ether oxygens (including phenoxy) is 2. The summed E-state index contributed by atoms with van der Waals surface area (Å²) in [4.78, 5) is 30.6. The van der Waals surface area contributed by atoms with Crippen molar-refractivity contribution in [2.45, 2.75) is 76.5 Å². The maximum absolute atomic E-state index is 16.9. The van der Waals surface area contributed by atoms with E-state index < -0.39 is 23.3 Å². The number of carbonyl (C=O) groups excluding carboxylic acids is 1. The van der Waals surface area contributed by atoms with Gasteiger partial charge in [-0.3, -0.25) is 5.32 Å². The molecule has 0 spiro atoms. The molecule has 3 heterocycles. The van der Waals surface area contributed by atoms with E-state index in [1.807, 2.05) is 0 Å². The second kappa shape index (κ2) is 13.5. The zero-order valence-corrected chi connectivity index (χ0v) is 29.7. The molecule has 0 bridgehead atoms. The van der Waals surface area contributed by atoms with Crippen LogP contribution in [0.2, 0.25) is 5.02 Å². The Balaban J connectivity index is 1.42. The van der Waals surface area contributed by atoms with Gasteiger partial charge < -0.3 is 24.6 Å². The smallest absolute Gasteiger partial charge is 0.413 e. The lowest BCUT2D eigenvalue weighted by atomic mass is 9.96. The first-order valence-electron chi connectivity index (χ1n) is 16.3. The zero-order valence-electron chi connectivity index (χ0n) is 28.2. The molecule has 2 fully saturated rings. The monoisotopic (exact) mass is 701 g/mol. The first-order valence-corrected chi connectivity index (χ1v) is 17.5. The van der Waals surface area contributed by atoms with E-state index >= 15 is 8.78 Å². The van der Waals surface area contributed by atoms with Gasteiger partial charge in [0.2, 0.25) is 0 Å². The van der Waals surface area contributed by atoms with Crippen LogP contribution in [0.4, 0.5) is 24.5 Å². The summed E-state index contributed by atoms with van der Waals surface area (Å²) >= 11 is 7.77. The first kappa shape index (κ1) is 34.5. The van der Waals surface area contributed by atoms with Gasteiger partial charge in [0, 0.05) is 34.6 Å². The van der Waals surface area contributed by atoms with Crippen molar-refractivity contribution in [3.8, 4) is 17.1 Å². The third-order valence-electron chi connectivity index (χ3n) is 9.38. The van der Waals surface area contributed by atoms with Gasteiger partial charge in [0.15, 0.2) is 10.9 Å². The van der Waals surface area contributed by atoms with Gasteiger partial charge in [-0.2, -0.15) is 9.97 Å². The molecule has 10 nitrogen and oxygen atoms in total. The molecule has 258 valence electrons. The van der Waals surface area contributed by atoms with Gasteiger partial charge in [-0.05, 0) is 92.3 Å². The van der Waals surface area contributed by atoms with Crippen molar-refractivity contribution in [2.75, 3.05) is 51.5 Å². The quantitative estimate of drug-likeness (QED) is 0.180. The Hall–Kier alpha value is -3.39. The van der Waals surface area contributed by atoms with E-state index in [2.05, 4.69) is 51.5 Å². The second-order valence-electron chi connectivity index (χ2n) is 14.0. The molecule has 1 atom stereocenters. The molecule has 2 N–H and O–H groups in total. The molecule has 0 radical (unpaired) electrons. The molecule has 14 heteroatoms. The van der Waals surface area contributed by atoms with Crippen molar-refractivity contribution in [2.24, 2.45) is 0 Å². The third kappa shape index (κ3) is 7.01. The van der Waals surface area contributed by atoms with Gasteiger partial charge in [0.05, 0.1) is 15.2 Å². The largest absolute Gasteiger partial charge is 0.462 e. The van der Waals surface area contributed by atoms with Crippen molar-refractivity contribution in [1.82, 2.24) is 24.8 Å². The number of nitrogens with zero attached hydrogens (tertiary/aromatic N) is 5. The summed E-state index contributed by atoms with van der Waals surface area (Å²) in [5.41, 5.74) is -0.378. The lowest BCUT2D eigenvalue weighted by Crippen LogP contribution is -2.47. The number of aromatic nitrogens is 3. The van der Waals surface area contributed by atoms with Gasteiger partial charge in [0.25, 0.3) is 0 Å². The molecule has 6 rings (SSSR count). The van der Waals surface area contributed by atoms with Crippen molar-refractivity contribution >= 4 is 61.1 Å². The highest BCUT2D eigenvalue weighted by molar-refractivity contribution is 7.22. The Bertz CT molecular complexity index is 1840. The molecule has 1 saturated carbocycles. The van der Waals surface area contributed by atoms with Crippen LogP contribution < -0.4 is 15.4 Å². The van der Waals surface area contributed by atoms with E-state index in [0.29, 0.717) is 24.4 Å². The molecule has 1 saturated heterocycles. The van der Waals surface area contributed by atoms with Crippen molar-refractivity contribution in [3.63, 3.8) is 0 Å². The predicted octanol–water partition coefficient (Wildman–Crippen LogP) is 7.94. The summed E-state index contributed by atoms with van der Waals surface area (Å²) in [6, 6.07) is 4.56. The Morgan fingerprint density at radius 3 is 2.56 bits per heavy atom. The lowest BCUT2D eigenvalue weighted by Gasteiger charge is -2.36. The van der Waals surface area contributed by atoms with E-state index in [0.717, 1.165) is 56.4 Å². The van der Waals surface area contributed by atoms with E-state index in [4.69, 9.17) is 26.1 Å². The van der Waals surface area contributed by atoms with Crippen LogP contribution in [0.5, 0.6) is 6.01 Å². The summed E-state index contributed by atoms with van der Waals surface area (Å²) in [5, 5.41) is 6.64. The molecule has 2 aromatic carbocycles. The van der Waals surface area contributed by atoms with E-state index in [9.17, 15) is 4.79 Å². The maximum atomic E-state index is 16.9. The fourth-order valence-corrected chi connectivity index (χ4v) is 7.84. The third-order valence-corrected chi connectivity index (χ3v) is 10.7. The fourth-order valence-electron chi connectivity index (χ4n) is 6.67. The second-order valence-corrected chi connectivity index (χ2v) is 15.4. The highest BCUT2D eigenvalue weighted by atomic mass is 35.5. The van der Waals surface area contributed by atoms with Crippen LogP contribution in [0.25, 0.3) is 32.2 Å². The first-order chi connectivity index (χ1) is 22.7. The van der Waals surface area contributed by atoms with Crippen LogP contribution in [-0.2, 0) is 4.74 Å². The van der Waals surface area contributed by atoms with E-state index in [1.54, 1.807) is 26.8 Å². The number of nitrogens with one attached hydrogen (secondary N) is 2. The molecule has 1 amide bonds. The maximum Gasteiger partial charge on any atom is 0.413 e. The molecule has 2 aliphatic rings. The topological polar surface area (TPSA) is 105 Å². The Kier molecular flexibility index (Phi) is 9.69. The molecule has 2 aromatic heterocycles. The highest BCUT2D eigenvalue weighted by Gasteiger charge is 2.36. The summed E-state index contributed by atoms with van der Waals surface area (Å²) in [6.07, 6.45) is 5.67. The molecule has 0 unspecified atom stereocenters. The molecule has 1 aliphatic heterocycles. The summed E-state index contributed by atoms with van der Waals surface area (Å²) in [5.74, 6) is -0.850. The number of likely N-dealkylation sites (N-methyl/N-ethyl adjacent to an activating group) is 2. The zero-order chi connectivity index (χ0) is 34.4. The summed E-state index contributed by atoms with van der Waals surface area (Å²) in [7, 11) is 6.22. The van der Waals surface area contributed by atoms with Gasteiger partial charge in [-0.25, -0.2) is 18.6 Å². The number of likely N-dealkylation sites (tertiary alicyclic amines) is 1. The van der Waals surface area contributed by atoms with Crippen LogP contribution in [0.1, 0.15) is 59.3 Å². The minimum atomic E-state index is -0.742. The number of thiazole rings is 1. The normalized spacial score (nSPS) is 18.2. The number of halogens is 3. The van der Waals surface area contributed by atoms with E-state index in [-0.39, 0.29) is 54.6 Å². The fraction of sp³-hybridized carbons (Fsp3) is 0.529. The number of amides is 1. The van der Waals surface area contributed by atoms with Gasteiger partial charge in [-0.1, -0.05) is 35.8 Å². The number of fused-ring (bicyclic) bond motifs is 2. The van der Waals surface area contributed by atoms with Gasteiger partial charge in [-0.15, -0.1) is 0 Å². The Labute approximate surface area is 288 Å². The van der Waals surface area contributed by atoms with Crippen LogP contribution in [-0.4, -0.2) is 88.9 Å². The number of rotatable bonds is 9. The molecular weight excluding hydrogens is 660 g/mol. The Morgan fingerprint density at radius 2 is 1.90 bits per heavy atom. The predicted molar refractivity (Wildman–Crippen MR) is 187 cm³/mol. The molecule has 48 heavy (non-hydrogen) atoms. The van der Waals surface area contributed by atoms with E-state index in [1.165, 1.54) is 12.1 Å². The number of carbonyl (C=O) groups is 1. The number of benzene rings is 2. The van der Waals surface area contributed by atoms with Gasteiger partial charge >= 0.3 is 12.1 Å². The van der Waals surface area contributed by atoms with Crippen LogP contribution in [0, 0.1) is 11.6 Å². The Morgan fingerprint density at radius 1 is 1.15 bits per heavy atom. The summed E-state index contributed by atoms with van der Waals surface area (Å²) < 4.78 is 43.5. The minimum Gasteiger partial charge on any atom is -0.462 e. The van der Waals surface area contributed by atoms with Crippen LogP contribution in [0.3, 0.4) is 0 Å². The molecular formula is C34H42ClF2N7O3S. The summed E-state index contributed by atoms with van der Waals surface area (Å²) in [6.45, 7) is 7.15. The van der Waals surface area contributed by atoms with Crippen molar-refractivity contribution in [3.05, 3.63) is 34.9 Å². The van der Waals surface area contributed by atoms with Crippen molar-refractivity contribution in [1.29, 1.82) is 0 Å². The molecule has 1 aliphatic carbocycles. The number of anilines is 2. The number of hydrogen-bond donors (Lipinski definition) is 2. The average molecular weight is 702 g/mol. The van der Waals surface area contributed by atoms with Crippen LogP contribution in [0.15, 0.2) is 18.2 Å². The standard InChI is InChI=1S/C34H42ClF2N7O3S/c1-33(2,3)47-32(45)42-31-40-27-20(11-12-23(36)28(27)48-31)24-22(35)16-21-26(25(24)37)39-30(46-17-19-10-9-15-44(19)6)41-29(21)38-18-34(43(4)5)13-7-8-14-34/h11-12,16,19H,7-10,13-15,17-18H2,1-6H3,(H,38,39,41)(H,40,42,45)/t19-/m0/s1. The number of hydrogen-bond acceptors (Lipinski definition) is 10. The lowest BCUT2D eigenvalue weighted by molar-refractivity contribution is 0.0636. The van der Waals surface area contributed by atoms with Crippen molar-refractivity contribution < 1.29 is 23.0 Å².